The van der Waals surface area contributed by atoms with E-state index in [-0.39, 0.29) is 6.09 Å². The van der Waals surface area contributed by atoms with Crippen LogP contribution in [0.25, 0.3) is 0 Å². The fourth-order valence-corrected chi connectivity index (χ4v) is 6.20. The molecular weight excluding hydrogens is 412 g/mol. The molecule has 0 spiro atoms. The van der Waals surface area contributed by atoms with Crippen molar-refractivity contribution < 1.29 is 9.53 Å². The highest BCUT2D eigenvalue weighted by Gasteiger charge is 2.42. The molecule has 6 rings (SSSR count). The van der Waals surface area contributed by atoms with Crippen LogP contribution >= 0.6 is 0 Å². The molecule has 4 atom stereocenters. The zero-order valence-electron chi connectivity index (χ0n) is 20.3. The number of nitrogens with zero attached hydrogens (tertiary/aromatic N) is 3. The maximum atomic E-state index is 12.4. The van der Waals surface area contributed by atoms with Crippen molar-refractivity contribution in [3.05, 3.63) is 47.3 Å². The molecule has 1 amide bonds. The first-order valence-electron chi connectivity index (χ1n) is 12.8. The van der Waals surface area contributed by atoms with Crippen LogP contribution in [0.1, 0.15) is 87.1 Å². The number of hydrogen-bond donors (Lipinski definition) is 1. The second-order valence-corrected chi connectivity index (χ2v) is 10.6. The maximum absolute atomic E-state index is 12.4. The Kier molecular flexibility index (Phi) is 6.46. The SMILES string of the molecule is CC(C)c1ccc(NC(=O)OCC2CC3CCN2CC3c2cc(C3CCCC3)nn2C)cc1. The monoisotopic (exact) mass is 450 g/mol. The van der Waals surface area contributed by atoms with Crippen molar-refractivity contribution in [1.82, 2.24) is 14.7 Å². The molecule has 3 aliphatic heterocycles. The minimum Gasteiger partial charge on any atom is -0.448 e. The van der Waals surface area contributed by atoms with E-state index in [9.17, 15) is 4.79 Å². The van der Waals surface area contributed by atoms with Gasteiger partial charge in [-0.2, -0.15) is 5.10 Å². The lowest BCUT2D eigenvalue weighted by Crippen LogP contribution is -2.54. The molecule has 1 aromatic heterocycles. The van der Waals surface area contributed by atoms with Gasteiger partial charge in [-0.3, -0.25) is 14.9 Å². The second kappa shape index (κ2) is 9.49. The van der Waals surface area contributed by atoms with Gasteiger partial charge >= 0.3 is 6.09 Å². The first-order valence-corrected chi connectivity index (χ1v) is 12.8. The Labute approximate surface area is 197 Å². The van der Waals surface area contributed by atoms with Crippen LogP contribution in [0.4, 0.5) is 10.5 Å². The van der Waals surface area contributed by atoms with E-state index in [4.69, 9.17) is 9.84 Å². The van der Waals surface area contributed by atoms with Crippen molar-refractivity contribution in [2.24, 2.45) is 13.0 Å². The highest BCUT2D eigenvalue weighted by molar-refractivity contribution is 5.84. The van der Waals surface area contributed by atoms with Crippen LogP contribution < -0.4 is 5.32 Å². The number of hydrogen-bond acceptors (Lipinski definition) is 4. The summed E-state index contributed by atoms with van der Waals surface area (Å²) in [5.41, 5.74) is 4.75. The number of ether oxygens (including phenoxy) is 1. The Balaban J connectivity index is 1.15. The molecule has 2 bridgehead atoms. The number of benzene rings is 1. The molecular formula is C27H38N4O2. The third-order valence-electron chi connectivity index (χ3n) is 8.20. The average molecular weight is 451 g/mol. The quantitative estimate of drug-likeness (QED) is 0.620. The van der Waals surface area contributed by atoms with Gasteiger partial charge in [-0.1, -0.05) is 38.8 Å². The molecule has 2 aromatic rings. The lowest BCUT2D eigenvalue weighted by molar-refractivity contribution is -0.00222. The summed E-state index contributed by atoms with van der Waals surface area (Å²) < 4.78 is 7.79. The van der Waals surface area contributed by atoms with Crippen molar-refractivity contribution in [2.45, 2.75) is 76.2 Å². The number of amides is 1. The van der Waals surface area contributed by atoms with E-state index >= 15 is 0 Å². The first-order chi connectivity index (χ1) is 16.0. The summed E-state index contributed by atoms with van der Waals surface area (Å²) in [6, 6.07) is 10.7. The third-order valence-corrected chi connectivity index (χ3v) is 8.20. The van der Waals surface area contributed by atoms with Gasteiger partial charge in [0, 0.05) is 42.9 Å². The lowest BCUT2D eigenvalue weighted by atomic mass is 9.74. The molecule has 4 heterocycles. The molecule has 1 aliphatic carbocycles. The van der Waals surface area contributed by atoms with E-state index in [0.29, 0.717) is 36.3 Å². The summed E-state index contributed by atoms with van der Waals surface area (Å²) in [5.74, 6) is 2.32. The molecule has 178 valence electrons. The van der Waals surface area contributed by atoms with Gasteiger partial charge in [0.15, 0.2) is 0 Å². The van der Waals surface area contributed by atoms with Crippen LogP contribution in [0.5, 0.6) is 0 Å². The summed E-state index contributed by atoms with van der Waals surface area (Å²) in [6.07, 6.45) is 7.22. The Morgan fingerprint density at radius 2 is 1.94 bits per heavy atom. The smallest absolute Gasteiger partial charge is 0.411 e. The van der Waals surface area contributed by atoms with Crippen molar-refractivity contribution in [3.63, 3.8) is 0 Å². The van der Waals surface area contributed by atoms with E-state index in [0.717, 1.165) is 25.2 Å². The van der Waals surface area contributed by atoms with Crippen LogP contribution in [-0.4, -0.2) is 46.5 Å². The molecule has 4 aliphatic rings. The maximum Gasteiger partial charge on any atom is 0.411 e. The van der Waals surface area contributed by atoms with E-state index < -0.39 is 0 Å². The van der Waals surface area contributed by atoms with Gasteiger partial charge in [-0.05, 0) is 67.8 Å². The molecule has 6 heteroatoms. The van der Waals surface area contributed by atoms with E-state index in [2.05, 4.69) is 54.0 Å². The van der Waals surface area contributed by atoms with Crippen molar-refractivity contribution >= 4 is 11.8 Å². The van der Waals surface area contributed by atoms with Crippen LogP contribution in [0.15, 0.2) is 30.3 Å². The van der Waals surface area contributed by atoms with Crippen LogP contribution in [-0.2, 0) is 11.8 Å². The van der Waals surface area contributed by atoms with E-state index in [1.54, 1.807) is 0 Å². The second-order valence-electron chi connectivity index (χ2n) is 10.6. The minimum absolute atomic E-state index is 0.316. The van der Waals surface area contributed by atoms with Gasteiger partial charge in [0.1, 0.15) is 6.61 Å². The summed E-state index contributed by atoms with van der Waals surface area (Å²) in [5, 5.41) is 7.78. The van der Waals surface area contributed by atoms with Crippen molar-refractivity contribution in [2.75, 3.05) is 25.0 Å². The molecule has 1 saturated carbocycles. The fourth-order valence-electron chi connectivity index (χ4n) is 6.20. The van der Waals surface area contributed by atoms with Crippen molar-refractivity contribution in [1.29, 1.82) is 0 Å². The number of aryl methyl sites for hydroxylation is 1. The summed E-state index contributed by atoms with van der Waals surface area (Å²) >= 11 is 0. The standard InChI is InChI=1S/C27H38N4O2/c1-18(2)19-8-10-22(11-9-19)28-27(32)33-17-23-14-21-12-13-31(23)16-24(21)26-15-25(29-30(26)3)20-6-4-5-7-20/h8-11,15,18,20-21,23-24H,4-7,12-14,16-17H2,1-3H3,(H,28,32). The van der Waals surface area contributed by atoms with Gasteiger partial charge in [0.2, 0.25) is 0 Å². The zero-order chi connectivity index (χ0) is 22.9. The Bertz CT molecular complexity index is 961. The normalized spacial score (nSPS) is 27.3. The lowest BCUT2D eigenvalue weighted by Gasteiger charge is -2.49. The van der Waals surface area contributed by atoms with E-state index in [1.165, 1.54) is 49.1 Å². The van der Waals surface area contributed by atoms with Gasteiger partial charge in [-0.25, -0.2) is 4.79 Å². The number of rotatable bonds is 6. The first kappa shape index (κ1) is 22.5. The Morgan fingerprint density at radius 3 is 2.61 bits per heavy atom. The van der Waals surface area contributed by atoms with Crippen LogP contribution in [0, 0.1) is 5.92 Å². The highest BCUT2D eigenvalue weighted by atomic mass is 16.5. The molecule has 1 N–H and O–H groups in total. The largest absolute Gasteiger partial charge is 0.448 e. The third kappa shape index (κ3) is 4.81. The number of fused-ring (bicyclic) bond motifs is 3. The number of carbonyl (C=O) groups excluding carboxylic acids is 1. The Morgan fingerprint density at radius 1 is 1.18 bits per heavy atom. The van der Waals surface area contributed by atoms with Gasteiger partial charge in [-0.15, -0.1) is 0 Å². The predicted octanol–water partition coefficient (Wildman–Crippen LogP) is 5.63. The Hall–Kier alpha value is -2.34. The number of nitrogens with one attached hydrogen (secondary N) is 1. The fraction of sp³-hybridized carbons (Fsp3) is 0.630. The van der Waals surface area contributed by atoms with Crippen LogP contribution in [0.2, 0.25) is 0 Å². The molecule has 0 radical (unpaired) electrons. The molecule has 33 heavy (non-hydrogen) atoms. The average Bonchev–Trinajstić information content (AvgIpc) is 3.48. The number of carbonyl (C=O) groups is 1. The molecule has 3 saturated heterocycles. The summed E-state index contributed by atoms with van der Waals surface area (Å²) in [7, 11) is 2.12. The number of aromatic nitrogens is 2. The zero-order valence-corrected chi connectivity index (χ0v) is 20.3. The summed E-state index contributed by atoms with van der Waals surface area (Å²) in [4.78, 5) is 14.9. The molecule has 6 nitrogen and oxygen atoms in total. The van der Waals surface area contributed by atoms with Gasteiger partial charge in [0.05, 0.1) is 5.69 Å². The van der Waals surface area contributed by atoms with Gasteiger partial charge < -0.3 is 4.74 Å². The van der Waals surface area contributed by atoms with Crippen LogP contribution in [0.3, 0.4) is 0 Å². The van der Waals surface area contributed by atoms with Crippen molar-refractivity contribution in [3.8, 4) is 0 Å². The van der Waals surface area contributed by atoms with Gasteiger partial charge in [0.25, 0.3) is 0 Å². The van der Waals surface area contributed by atoms with E-state index in [1.807, 2.05) is 12.1 Å². The topological polar surface area (TPSA) is 59.4 Å². The molecule has 4 fully saturated rings. The molecule has 1 aromatic carbocycles. The molecule has 4 unspecified atom stereocenters. The minimum atomic E-state index is -0.362. The highest BCUT2D eigenvalue weighted by Crippen LogP contribution is 2.43. The number of piperidine rings is 3. The number of anilines is 1. The summed E-state index contributed by atoms with van der Waals surface area (Å²) in [6.45, 7) is 6.92. The predicted molar refractivity (Wildman–Crippen MR) is 131 cm³/mol.